The Morgan fingerprint density at radius 2 is 2.11 bits per heavy atom. The number of hydrazine groups is 1. The van der Waals surface area contributed by atoms with Gasteiger partial charge in [0.15, 0.2) is 0 Å². The van der Waals surface area contributed by atoms with Crippen molar-refractivity contribution in [3.05, 3.63) is 60.0 Å². The van der Waals surface area contributed by atoms with Crippen molar-refractivity contribution in [2.24, 2.45) is 16.0 Å². The second-order valence-electron chi connectivity index (χ2n) is 4.00. The van der Waals surface area contributed by atoms with Gasteiger partial charge in [0.2, 0.25) is 5.11 Å². The smallest absolute Gasteiger partial charge is 0.211 e. The fraction of sp³-hybridized carbons (Fsp3) is 0. The number of hydrogen-bond acceptors (Lipinski definition) is 4. The van der Waals surface area contributed by atoms with E-state index in [9.17, 15) is 0 Å². The Bertz CT molecular complexity index is 657. The van der Waals surface area contributed by atoms with E-state index in [1.165, 1.54) is 0 Å². The second kappa shape index (κ2) is 4.66. The number of nitrogens with one attached hydrogen (secondary N) is 1. The number of anilines is 1. The van der Waals surface area contributed by atoms with Gasteiger partial charge in [0.1, 0.15) is 5.70 Å². The average Bonchev–Trinajstić information content (AvgIpc) is 2.43. The van der Waals surface area contributed by atoms with Crippen LogP contribution in [0, 0.1) is 0 Å². The predicted molar refractivity (Wildman–Crippen MR) is 78.7 cm³/mol. The second-order valence-corrected chi connectivity index (χ2v) is 4.42. The van der Waals surface area contributed by atoms with Crippen molar-refractivity contribution in [1.82, 2.24) is 5.01 Å². The van der Waals surface area contributed by atoms with Crippen molar-refractivity contribution < 1.29 is 0 Å². The molecule has 1 aromatic rings. The molecule has 0 amide bonds. The van der Waals surface area contributed by atoms with Gasteiger partial charge >= 0.3 is 0 Å². The van der Waals surface area contributed by atoms with Crippen molar-refractivity contribution in [2.75, 3.05) is 5.43 Å². The average molecular weight is 269 g/mol. The van der Waals surface area contributed by atoms with Crippen LogP contribution in [-0.2, 0) is 0 Å². The standard InChI is InChI=1S/C13H11N5S/c14-13(19)16-15-12-9-5-1-2-6-10(9)17-18-8-4-3-7-11(12)18/h1-8,17H,(H2,14,19). The Balaban J connectivity index is 2.17. The maximum absolute atomic E-state index is 5.38. The van der Waals surface area contributed by atoms with E-state index < -0.39 is 0 Å². The third-order valence-corrected chi connectivity index (χ3v) is 2.86. The molecule has 0 atom stereocenters. The van der Waals surface area contributed by atoms with Crippen molar-refractivity contribution in [2.45, 2.75) is 0 Å². The minimum absolute atomic E-state index is 0.0194. The van der Waals surface area contributed by atoms with Crippen LogP contribution in [-0.4, -0.2) is 10.1 Å². The van der Waals surface area contributed by atoms with E-state index in [0.29, 0.717) is 0 Å². The zero-order chi connectivity index (χ0) is 13.2. The highest BCUT2D eigenvalue weighted by Crippen LogP contribution is 2.35. The molecule has 2 heterocycles. The highest BCUT2D eigenvalue weighted by Gasteiger charge is 2.22. The quantitative estimate of drug-likeness (QED) is 0.607. The maximum Gasteiger partial charge on any atom is 0.211 e. The summed E-state index contributed by atoms with van der Waals surface area (Å²) in [5.74, 6) is 0. The Morgan fingerprint density at radius 1 is 1.26 bits per heavy atom. The van der Waals surface area contributed by atoms with Gasteiger partial charge < -0.3 is 5.73 Å². The molecule has 2 aliphatic rings. The summed E-state index contributed by atoms with van der Waals surface area (Å²) in [5.41, 5.74) is 12.2. The molecule has 0 aliphatic carbocycles. The Morgan fingerprint density at radius 3 is 2.95 bits per heavy atom. The van der Waals surface area contributed by atoms with Crippen molar-refractivity contribution in [1.29, 1.82) is 0 Å². The van der Waals surface area contributed by atoms with Crippen molar-refractivity contribution in [3.63, 3.8) is 0 Å². The molecular formula is C13H11N5S. The van der Waals surface area contributed by atoms with E-state index in [4.69, 9.17) is 18.0 Å². The summed E-state index contributed by atoms with van der Waals surface area (Å²) >= 11 is 4.74. The monoisotopic (exact) mass is 269 g/mol. The first kappa shape index (κ1) is 11.6. The SMILES string of the molecule is NC(=S)N=NC1=C2C=CC=CN2Nc2ccccc21. The van der Waals surface area contributed by atoms with Crippen LogP contribution >= 0.6 is 12.2 Å². The normalized spacial score (nSPS) is 16.3. The van der Waals surface area contributed by atoms with Gasteiger partial charge in [-0.25, -0.2) is 0 Å². The summed E-state index contributed by atoms with van der Waals surface area (Å²) in [6.45, 7) is 0. The lowest BCUT2D eigenvalue weighted by atomic mass is 10.1. The first-order valence-corrected chi connectivity index (χ1v) is 6.12. The van der Waals surface area contributed by atoms with Gasteiger partial charge in [0.25, 0.3) is 0 Å². The third-order valence-electron chi connectivity index (χ3n) is 2.77. The molecule has 0 fully saturated rings. The molecule has 3 rings (SSSR count). The number of nitrogens with two attached hydrogens (primary N) is 1. The summed E-state index contributed by atoms with van der Waals surface area (Å²) in [6.07, 6.45) is 7.75. The zero-order valence-electron chi connectivity index (χ0n) is 9.95. The number of allylic oxidation sites excluding steroid dienone is 3. The molecule has 94 valence electrons. The van der Waals surface area contributed by atoms with Crippen LogP contribution in [0.4, 0.5) is 5.69 Å². The summed E-state index contributed by atoms with van der Waals surface area (Å²) in [5, 5.41) is 9.89. The molecule has 6 heteroatoms. The molecule has 19 heavy (non-hydrogen) atoms. The van der Waals surface area contributed by atoms with Gasteiger partial charge in [-0.1, -0.05) is 24.3 Å². The molecule has 0 saturated carbocycles. The molecule has 0 saturated heterocycles. The first-order valence-electron chi connectivity index (χ1n) is 5.71. The number of benzene rings is 1. The van der Waals surface area contributed by atoms with Crippen LogP contribution < -0.4 is 11.2 Å². The Kier molecular flexibility index (Phi) is 2.85. The lowest BCUT2D eigenvalue weighted by molar-refractivity contribution is 0.565. The molecule has 2 aliphatic heterocycles. The molecule has 0 bridgehead atoms. The van der Waals surface area contributed by atoms with Gasteiger partial charge in [-0.2, -0.15) is 0 Å². The topological polar surface area (TPSA) is 66.0 Å². The van der Waals surface area contributed by atoms with Crippen molar-refractivity contribution >= 4 is 28.7 Å². The number of nitrogens with zero attached hydrogens (tertiary/aromatic N) is 3. The minimum Gasteiger partial charge on any atom is -0.373 e. The zero-order valence-corrected chi connectivity index (χ0v) is 10.8. The number of thiocarbonyl (C=S) groups is 1. The van der Waals surface area contributed by atoms with E-state index in [-0.39, 0.29) is 5.11 Å². The Labute approximate surface area is 115 Å². The highest BCUT2D eigenvalue weighted by atomic mass is 32.1. The van der Waals surface area contributed by atoms with E-state index in [0.717, 1.165) is 22.6 Å². The first-order chi connectivity index (χ1) is 9.25. The fourth-order valence-corrected chi connectivity index (χ4v) is 2.03. The molecule has 0 radical (unpaired) electrons. The molecule has 0 aromatic heterocycles. The number of hydrogen-bond donors (Lipinski definition) is 2. The fourth-order valence-electron chi connectivity index (χ4n) is 1.99. The van der Waals surface area contributed by atoms with E-state index in [2.05, 4.69) is 15.7 Å². The summed E-state index contributed by atoms with van der Waals surface area (Å²) < 4.78 is 0. The molecule has 0 spiro atoms. The predicted octanol–water partition coefficient (Wildman–Crippen LogP) is 2.78. The van der Waals surface area contributed by atoms with Gasteiger partial charge in [-0.05, 0) is 30.4 Å². The Hall–Kier alpha value is -2.47. The van der Waals surface area contributed by atoms with Gasteiger partial charge in [0, 0.05) is 11.8 Å². The van der Waals surface area contributed by atoms with E-state index in [1.54, 1.807) is 0 Å². The minimum atomic E-state index is 0.0194. The van der Waals surface area contributed by atoms with Crippen molar-refractivity contribution in [3.8, 4) is 0 Å². The van der Waals surface area contributed by atoms with Gasteiger partial charge in [-0.3, -0.25) is 10.4 Å². The molecule has 3 N–H and O–H groups in total. The van der Waals surface area contributed by atoms with Gasteiger partial charge in [-0.15, -0.1) is 10.2 Å². The van der Waals surface area contributed by atoms with Crippen LogP contribution in [0.2, 0.25) is 0 Å². The maximum atomic E-state index is 5.38. The number of rotatable bonds is 1. The lowest BCUT2D eigenvalue weighted by Crippen LogP contribution is -2.28. The highest BCUT2D eigenvalue weighted by molar-refractivity contribution is 7.80. The molecular weight excluding hydrogens is 258 g/mol. The van der Waals surface area contributed by atoms with Gasteiger partial charge in [0.05, 0.1) is 11.4 Å². The third kappa shape index (κ3) is 2.13. The van der Waals surface area contributed by atoms with Crippen LogP contribution in [0.15, 0.2) is 64.6 Å². The van der Waals surface area contributed by atoms with Crippen LogP contribution in [0.5, 0.6) is 0 Å². The largest absolute Gasteiger partial charge is 0.373 e. The van der Waals surface area contributed by atoms with Crippen LogP contribution in [0.25, 0.3) is 5.70 Å². The molecule has 5 nitrogen and oxygen atoms in total. The number of fused-ring (bicyclic) bond motifs is 2. The molecule has 0 unspecified atom stereocenters. The number of para-hydroxylation sites is 1. The van der Waals surface area contributed by atoms with E-state index >= 15 is 0 Å². The molecule has 1 aromatic carbocycles. The van der Waals surface area contributed by atoms with E-state index in [1.807, 2.05) is 53.7 Å². The summed E-state index contributed by atoms with van der Waals surface area (Å²) in [4.78, 5) is 0. The van der Waals surface area contributed by atoms with Crippen LogP contribution in [0.1, 0.15) is 5.56 Å². The number of azo groups is 1. The summed E-state index contributed by atoms with van der Waals surface area (Å²) in [6, 6.07) is 7.87. The summed E-state index contributed by atoms with van der Waals surface area (Å²) in [7, 11) is 0. The van der Waals surface area contributed by atoms with Crippen LogP contribution in [0.3, 0.4) is 0 Å². The lowest BCUT2D eigenvalue weighted by Gasteiger charge is -2.31.